The number of fused-ring (bicyclic) bond motifs is 1. The van der Waals surface area contributed by atoms with Gasteiger partial charge in [-0.2, -0.15) is 0 Å². The van der Waals surface area contributed by atoms with Crippen LogP contribution in [0.1, 0.15) is 15.9 Å². The zero-order valence-corrected chi connectivity index (χ0v) is 13.5. The Balaban J connectivity index is 2.01. The van der Waals surface area contributed by atoms with Crippen LogP contribution in [-0.2, 0) is 13.6 Å². The minimum Gasteiger partial charge on any atom is -0.350 e. The molecule has 1 amide bonds. The molecule has 0 saturated heterocycles. The van der Waals surface area contributed by atoms with Crippen molar-refractivity contribution in [1.82, 2.24) is 9.47 Å². The highest BCUT2D eigenvalue weighted by Gasteiger charge is 2.18. The molecule has 0 N–H and O–H groups in total. The molecule has 0 aliphatic heterocycles. The van der Waals surface area contributed by atoms with Gasteiger partial charge in [0.05, 0.1) is 5.52 Å². The maximum absolute atomic E-state index is 13.5. The van der Waals surface area contributed by atoms with Crippen LogP contribution >= 0.6 is 0 Å². The maximum Gasteiger partial charge on any atom is 0.259 e. The second-order valence-corrected chi connectivity index (χ2v) is 5.79. The lowest BCUT2D eigenvalue weighted by atomic mass is 10.1. The normalized spacial score (nSPS) is 10.8. The zero-order valence-electron chi connectivity index (χ0n) is 13.5. The number of aromatic nitrogens is 1. The van der Waals surface area contributed by atoms with E-state index >= 15 is 0 Å². The third-order valence-electron chi connectivity index (χ3n) is 3.99. The quantitative estimate of drug-likeness (QED) is 0.743. The van der Waals surface area contributed by atoms with Gasteiger partial charge in [0, 0.05) is 32.2 Å². The molecule has 0 fully saturated rings. The van der Waals surface area contributed by atoms with Crippen molar-refractivity contribution in [3.05, 3.63) is 81.9 Å². The summed E-state index contributed by atoms with van der Waals surface area (Å²) in [6, 6.07) is 13.5. The summed E-state index contributed by atoms with van der Waals surface area (Å²) < 4.78 is 15.2. The Morgan fingerprint density at radius 2 is 1.88 bits per heavy atom. The van der Waals surface area contributed by atoms with Crippen LogP contribution in [-0.4, -0.2) is 22.4 Å². The number of amides is 1. The van der Waals surface area contributed by atoms with E-state index in [-0.39, 0.29) is 16.9 Å². The number of carbonyl (C=O) groups excluding carboxylic acids is 1. The summed E-state index contributed by atoms with van der Waals surface area (Å²) in [6.45, 7) is 0.393. The molecule has 2 aromatic carbocycles. The van der Waals surface area contributed by atoms with Crippen LogP contribution in [0.3, 0.4) is 0 Å². The number of nitrogens with zero attached hydrogens (tertiary/aromatic N) is 2. The molecule has 24 heavy (non-hydrogen) atoms. The van der Waals surface area contributed by atoms with E-state index in [1.165, 1.54) is 29.3 Å². The van der Waals surface area contributed by atoms with Crippen molar-refractivity contribution < 1.29 is 9.18 Å². The lowest BCUT2D eigenvalue weighted by Crippen LogP contribution is -2.31. The maximum atomic E-state index is 13.5. The highest BCUT2D eigenvalue weighted by molar-refractivity contribution is 5.97. The largest absolute Gasteiger partial charge is 0.350 e. The first-order chi connectivity index (χ1) is 11.5. The first-order valence-electron chi connectivity index (χ1n) is 7.55. The van der Waals surface area contributed by atoms with Crippen molar-refractivity contribution in [3.8, 4) is 0 Å². The molecule has 0 aliphatic rings. The number of halogens is 1. The molecule has 1 heterocycles. The summed E-state index contributed by atoms with van der Waals surface area (Å²) in [6.07, 6.45) is 1.51. The molecule has 0 atom stereocenters. The van der Waals surface area contributed by atoms with E-state index in [2.05, 4.69) is 0 Å². The van der Waals surface area contributed by atoms with E-state index < -0.39 is 11.2 Å². The van der Waals surface area contributed by atoms with Crippen LogP contribution < -0.4 is 5.43 Å². The van der Waals surface area contributed by atoms with Crippen molar-refractivity contribution in [1.29, 1.82) is 0 Å². The number of hydrogen-bond donors (Lipinski definition) is 0. The van der Waals surface area contributed by atoms with Crippen molar-refractivity contribution in [2.45, 2.75) is 6.54 Å². The lowest BCUT2D eigenvalue weighted by Gasteiger charge is -2.18. The molecule has 0 saturated carbocycles. The zero-order chi connectivity index (χ0) is 17.3. The number of benzene rings is 2. The molecular weight excluding hydrogens is 307 g/mol. The van der Waals surface area contributed by atoms with Crippen molar-refractivity contribution in [2.75, 3.05) is 7.05 Å². The Bertz CT molecular complexity index is 964. The molecule has 5 heteroatoms. The van der Waals surface area contributed by atoms with Crippen LogP contribution in [0.25, 0.3) is 10.9 Å². The van der Waals surface area contributed by atoms with Gasteiger partial charge >= 0.3 is 0 Å². The Hall–Kier alpha value is -2.95. The van der Waals surface area contributed by atoms with Crippen LogP contribution in [0, 0.1) is 5.82 Å². The molecular formula is C19H17FN2O2. The number of aryl methyl sites for hydroxylation is 1. The van der Waals surface area contributed by atoms with Crippen LogP contribution in [0.15, 0.2) is 59.5 Å². The highest BCUT2D eigenvalue weighted by atomic mass is 19.1. The van der Waals surface area contributed by atoms with E-state index in [0.717, 1.165) is 5.56 Å². The van der Waals surface area contributed by atoms with Gasteiger partial charge in [-0.1, -0.05) is 30.3 Å². The highest BCUT2D eigenvalue weighted by Crippen LogP contribution is 2.14. The predicted molar refractivity (Wildman–Crippen MR) is 91.4 cm³/mol. The number of pyridine rings is 1. The summed E-state index contributed by atoms with van der Waals surface area (Å²) in [7, 11) is 3.37. The Morgan fingerprint density at radius 1 is 1.17 bits per heavy atom. The summed E-state index contributed by atoms with van der Waals surface area (Å²) in [5.41, 5.74) is 1.14. The Labute approximate surface area is 138 Å². The minimum atomic E-state index is -0.498. The first kappa shape index (κ1) is 15.9. The topological polar surface area (TPSA) is 42.3 Å². The fourth-order valence-electron chi connectivity index (χ4n) is 2.75. The standard InChI is InChI=1S/C19H17FN2O2/c1-21-12-16(18(23)15-10-14(20)8-9-17(15)21)19(24)22(2)11-13-6-4-3-5-7-13/h3-10,12H,11H2,1-2H3. The fourth-order valence-corrected chi connectivity index (χ4v) is 2.75. The molecule has 4 nitrogen and oxygen atoms in total. The fraction of sp³-hybridized carbons (Fsp3) is 0.158. The van der Waals surface area contributed by atoms with E-state index in [4.69, 9.17) is 0 Å². The summed E-state index contributed by atoms with van der Waals surface area (Å²) in [5.74, 6) is -0.882. The molecule has 0 unspecified atom stereocenters. The van der Waals surface area contributed by atoms with Gasteiger partial charge in [0.1, 0.15) is 11.4 Å². The SMILES string of the molecule is CN(Cc1ccccc1)C(=O)c1cn(C)c2ccc(F)cc2c1=O. The van der Waals surface area contributed by atoms with E-state index in [1.54, 1.807) is 18.7 Å². The van der Waals surface area contributed by atoms with Crippen molar-refractivity contribution >= 4 is 16.8 Å². The second kappa shape index (κ2) is 6.28. The number of rotatable bonds is 3. The molecule has 122 valence electrons. The third kappa shape index (κ3) is 2.93. The second-order valence-electron chi connectivity index (χ2n) is 5.79. The summed E-state index contributed by atoms with van der Waals surface area (Å²) in [4.78, 5) is 26.8. The Morgan fingerprint density at radius 3 is 2.58 bits per heavy atom. The summed E-state index contributed by atoms with van der Waals surface area (Å²) >= 11 is 0. The molecule has 3 aromatic rings. The van der Waals surface area contributed by atoms with Crippen LogP contribution in [0.2, 0.25) is 0 Å². The van der Waals surface area contributed by atoms with Crippen LogP contribution in [0.4, 0.5) is 4.39 Å². The average Bonchev–Trinajstić information content (AvgIpc) is 2.58. The Kier molecular flexibility index (Phi) is 4.16. The van der Waals surface area contributed by atoms with E-state index in [0.29, 0.717) is 12.1 Å². The van der Waals surface area contributed by atoms with Gasteiger partial charge in [-0.25, -0.2) is 4.39 Å². The first-order valence-corrected chi connectivity index (χ1v) is 7.55. The predicted octanol–water partition coefficient (Wildman–Crippen LogP) is 2.95. The van der Waals surface area contributed by atoms with Gasteiger partial charge in [0.2, 0.25) is 5.43 Å². The van der Waals surface area contributed by atoms with Gasteiger partial charge in [-0.3, -0.25) is 9.59 Å². The van der Waals surface area contributed by atoms with Gasteiger partial charge in [-0.05, 0) is 23.8 Å². The molecule has 0 aliphatic carbocycles. The van der Waals surface area contributed by atoms with Gasteiger partial charge in [0.25, 0.3) is 5.91 Å². The molecule has 0 bridgehead atoms. The van der Waals surface area contributed by atoms with Crippen molar-refractivity contribution in [3.63, 3.8) is 0 Å². The number of carbonyl (C=O) groups is 1. The van der Waals surface area contributed by atoms with Gasteiger partial charge < -0.3 is 9.47 Å². The minimum absolute atomic E-state index is 0.0361. The molecule has 1 aromatic heterocycles. The molecule has 0 spiro atoms. The van der Waals surface area contributed by atoms with E-state index in [9.17, 15) is 14.0 Å². The van der Waals surface area contributed by atoms with Crippen LogP contribution in [0.5, 0.6) is 0 Å². The smallest absolute Gasteiger partial charge is 0.259 e. The number of hydrogen-bond acceptors (Lipinski definition) is 2. The van der Waals surface area contributed by atoms with E-state index in [1.807, 2.05) is 30.3 Å². The summed E-state index contributed by atoms with van der Waals surface area (Å²) in [5, 5.41) is 0.205. The molecule has 3 rings (SSSR count). The monoisotopic (exact) mass is 324 g/mol. The van der Waals surface area contributed by atoms with Crippen molar-refractivity contribution in [2.24, 2.45) is 7.05 Å². The van der Waals surface area contributed by atoms with Gasteiger partial charge in [0.15, 0.2) is 0 Å². The lowest BCUT2D eigenvalue weighted by molar-refractivity contribution is 0.0783. The molecule has 0 radical (unpaired) electrons. The van der Waals surface area contributed by atoms with Gasteiger partial charge in [-0.15, -0.1) is 0 Å². The average molecular weight is 324 g/mol. The third-order valence-corrected chi connectivity index (χ3v) is 3.99.